The van der Waals surface area contributed by atoms with Crippen molar-refractivity contribution in [3.63, 3.8) is 0 Å². The van der Waals surface area contributed by atoms with Gasteiger partial charge in [0.2, 0.25) is 0 Å². The molecule has 102 valence electrons. The highest BCUT2D eigenvalue weighted by Crippen LogP contribution is 2.23. The molecule has 2 aromatic rings. The van der Waals surface area contributed by atoms with Crippen molar-refractivity contribution in [2.24, 2.45) is 0 Å². The highest BCUT2D eigenvalue weighted by molar-refractivity contribution is 5.52. The van der Waals surface area contributed by atoms with Crippen LogP contribution in [-0.4, -0.2) is 9.78 Å². The van der Waals surface area contributed by atoms with E-state index in [2.05, 4.69) is 74.0 Å². The van der Waals surface area contributed by atoms with E-state index in [1.54, 1.807) is 0 Å². The van der Waals surface area contributed by atoms with Gasteiger partial charge in [0.1, 0.15) is 0 Å². The minimum Gasteiger partial charge on any atom is -0.378 e. The molecule has 0 aliphatic carbocycles. The summed E-state index contributed by atoms with van der Waals surface area (Å²) >= 11 is 0. The zero-order valence-electron chi connectivity index (χ0n) is 12.5. The number of nitrogens with one attached hydrogen (secondary N) is 1. The van der Waals surface area contributed by atoms with E-state index in [-0.39, 0.29) is 0 Å². The van der Waals surface area contributed by atoms with Crippen molar-refractivity contribution < 1.29 is 0 Å². The van der Waals surface area contributed by atoms with Crippen LogP contribution in [0, 0.1) is 20.8 Å². The molecule has 3 nitrogen and oxygen atoms in total. The molecule has 1 heterocycles. The van der Waals surface area contributed by atoms with Crippen LogP contribution in [0.3, 0.4) is 0 Å². The quantitative estimate of drug-likeness (QED) is 0.897. The molecule has 0 radical (unpaired) electrons. The lowest BCUT2D eigenvalue weighted by molar-refractivity contribution is 0.516. The van der Waals surface area contributed by atoms with Gasteiger partial charge in [-0.05, 0) is 45.7 Å². The number of aryl methyl sites for hydroxylation is 2. The first-order valence-corrected chi connectivity index (χ1v) is 6.84. The first-order chi connectivity index (χ1) is 9.00. The van der Waals surface area contributed by atoms with Crippen LogP contribution in [0.25, 0.3) is 0 Å². The lowest BCUT2D eigenvalue weighted by Gasteiger charge is -2.11. The topological polar surface area (TPSA) is 29.9 Å². The second kappa shape index (κ2) is 5.47. The van der Waals surface area contributed by atoms with Crippen molar-refractivity contribution in [1.29, 1.82) is 0 Å². The molecule has 0 atom stereocenters. The van der Waals surface area contributed by atoms with Crippen LogP contribution in [0.4, 0.5) is 5.69 Å². The van der Waals surface area contributed by atoms with Crippen LogP contribution in [0.5, 0.6) is 0 Å². The molecule has 0 aliphatic heterocycles. The average Bonchev–Trinajstić information content (AvgIpc) is 2.65. The highest BCUT2D eigenvalue weighted by atomic mass is 15.3. The normalized spacial score (nSPS) is 11.1. The van der Waals surface area contributed by atoms with Crippen molar-refractivity contribution in [3.8, 4) is 0 Å². The Bertz CT molecular complexity index is 567. The van der Waals surface area contributed by atoms with Gasteiger partial charge in [-0.3, -0.25) is 4.68 Å². The van der Waals surface area contributed by atoms with Crippen LogP contribution < -0.4 is 5.32 Å². The second-order valence-corrected chi connectivity index (χ2v) is 5.36. The van der Waals surface area contributed by atoms with Gasteiger partial charge in [-0.2, -0.15) is 5.10 Å². The molecule has 0 amide bonds. The number of benzene rings is 1. The number of anilines is 1. The minimum atomic E-state index is 0.396. The van der Waals surface area contributed by atoms with Crippen molar-refractivity contribution in [2.75, 3.05) is 5.32 Å². The van der Waals surface area contributed by atoms with Crippen molar-refractivity contribution in [2.45, 2.75) is 47.2 Å². The maximum Gasteiger partial charge on any atom is 0.0828 e. The molecular weight excluding hydrogens is 234 g/mol. The number of aromatic nitrogens is 2. The summed E-state index contributed by atoms with van der Waals surface area (Å²) in [6, 6.07) is 8.87. The SMILES string of the molecule is Cc1ccccc1CNc1c(C)nn(C(C)C)c1C. The van der Waals surface area contributed by atoms with Gasteiger partial charge in [0.05, 0.1) is 17.1 Å². The number of hydrogen-bond acceptors (Lipinski definition) is 2. The van der Waals surface area contributed by atoms with E-state index in [9.17, 15) is 0 Å². The van der Waals surface area contributed by atoms with Crippen LogP contribution in [0.1, 0.15) is 42.4 Å². The number of nitrogens with zero attached hydrogens (tertiary/aromatic N) is 2. The van der Waals surface area contributed by atoms with Gasteiger partial charge in [0.25, 0.3) is 0 Å². The third kappa shape index (κ3) is 2.80. The Kier molecular flexibility index (Phi) is 3.93. The Morgan fingerprint density at radius 3 is 2.42 bits per heavy atom. The summed E-state index contributed by atoms with van der Waals surface area (Å²) in [5.41, 5.74) is 6.10. The Morgan fingerprint density at radius 1 is 1.16 bits per heavy atom. The standard InChI is InChI=1S/C16H23N3/c1-11(2)19-14(5)16(13(4)18-19)17-10-15-9-7-6-8-12(15)3/h6-9,11,17H,10H2,1-5H3. The summed E-state index contributed by atoms with van der Waals surface area (Å²) in [4.78, 5) is 0. The fourth-order valence-corrected chi connectivity index (χ4v) is 2.41. The lowest BCUT2D eigenvalue weighted by Crippen LogP contribution is -2.06. The third-order valence-electron chi connectivity index (χ3n) is 3.53. The van der Waals surface area contributed by atoms with Crippen LogP contribution >= 0.6 is 0 Å². The molecule has 0 saturated carbocycles. The Balaban J connectivity index is 2.19. The van der Waals surface area contributed by atoms with E-state index in [0.717, 1.165) is 17.9 Å². The van der Waals surface area contributed by atoms with E-state index in [1.165, 1.54) is 16.8 Å². The summed E-state index contributed by atoms with van der Waals surface area (Å²) in [5, 5.41) is 8.13. The lowest BCUT2D eigenvalue weighted by atomic mass is 10.1. The Morgan fingerprint density at radius 2 is 1.84 bits per heavy atom. The van der Waals surface area contributed by atoms with Gasteiger partial charge in [-0.1, -0.05) is 24.3 Å². The average molecular weight is 257 g/mol. The third-order valence-corrected chi connectivity index (χ3v) is 3.53. The molecule has 0 fully saturated rings. The molecular formula is C16H23N3. The van der Waals surface area contributed by atoms with Crippen LogP contribution in [0.15, 0.2) is 24.3 Å². The molecule has 1 N–H and O–H groups in total. The largest absolute Gasteiger partial charge is 0.378 e. The first-order valence-electron chi connectivity index (χ1n) is 6.84. The summed E-state index contributed by atoms with van der Waals surface area (Å²) in [5.74, 6) is 0. The van der Waals surface area contributed by atoms with Crippen molar-refractivity contribution in [1.82, 2.24) is 9.78 Å². The monoisotopic (exact) mass is 257 g/mol. The van der Waals surface area contributed by atoms with Crippen LogP contribution in [0.2, 0.25) is 0 Å². The summed E-state index contributed by atoms with van der Waals surface area (Å²) < 4.78 is 2.08. The van der Waals surface area contributed by atoms with E-state index in [0.29, 0.717) is 6.04 Å². The Hall–Kier alpha value is -1.77. The van der Waals surface area contributed by atoms with Crippen molar-refractivity contribution >= 4 is 5.69 Å². The highest BCUT2D eigenvalue weighted by Gasteiger charge is 2.13. The maximum atomic E-state index is 4.60. The van der Waals surface area contributed by atoms with E-state index < -0.39 is 0 Å². The molecule has 0 aliphatic rings. The molecule has 0 bridgehead atoms. The van der Waals surface area contributed by atoms with Gasteiger partial charge in [-0.25, -0.2) is 0 Å². The maximum absolute atomic E-state index is 4.60. The van der Waals surface area contributed by atoms with E-state index >= 15 is 0 Å². The summed E-state index contributed by atoms with van der Waals surface area (Å²) in [7, 11) is 0. The first kappa shape index (κ1) is 13.7. The zero-order chi connectivity index (χ0) is 14.0. The molecule has 1 aromatic heterocycles. The van der Waals surface area contributed by atoms with Gasteiger partial charge in [0, 0.05) is 12.6 Å². The van der Waals surface area contributed by atoms with Gasteiger partial charge >= 0.3 is 0 Å². The van der Waals surface area contributed by atoms with E-state index in [1.807, 2.05) is 0 Å². The summed E-state index contributed by atoms with van der Waals surface area (Å²) in [6.07, 6.45) is 0. The fraction of sp³-hybridized carbons (Fsp3) is 0.438. The number of rotatable bonds is 4. The summed E-state index contributed by atoms with van der Waals surface area (Å²) in [6.45, 7) is 11.5. The second-order valence-electron chi connectivity index (χ2n) is 5.36. The van der Waals surface area contributed by atoms with Gasteiger partial charge in [0.15, 0.2) is 0 Å². The molecule has 1 aromatic carbocycles. The molecule has 0 spiro atoms. The van der Waals surface area contributed by atoms with Gasteiger partial charge in [-0.15, -0.1) is 0 Å². The predicted octanol–water partition coefficient (Wildman–Crippen LogP) is 4.00. The molecule has 0 saturated heterocycles. The Labute approximate surface area is 115 Å². The molecule has 3 heteroatoms. The van der Waals surface area contributed by atoms with Crippen molar-refractivity contribution in [3.05, 3.63) is 46.8 Å². The van der Waals surface area contributed by atoms with E-state index in [4.69, 9.17) is 0 Å². The van der Waals surface area contributed by atoms with Gasteiger partial charge < -0.3 is 5.32 Å². The minimum absolute atomic E-state index is 0.396. The van der Waals surface area contributed by atoms with Crippen LogP contribution in [-0.2, 0) is 6.54 Å². The smallest absolute Gasteiger partial charge is 0.0828 e. The molecule has 0 unspecified atom stereocenters. The molecule has 19 heavy (non-hydrogen) atoms. The predicted molar refractivity (Wildman–Crippen MR) is 80.6 cm³/mol. The fourth-order valence-electron chi connectivity index (χ4n) is 2.41. The molecule has 2 rings (SSSR count). The number of hydrogen-bond donors (Lipinski definition) is 1. The zero-order valence-corrected chi connectivity index (χ0v) is 12.5.